The van der Waals surface area contributed by atoms with Crippen molar-refractivity contribution in [1.82, 2.24) is 0 Å². The molecule has 1 atom stereocenters. The third-order valence-corrected chi connectivity index (χ3v) is 2.64. The van der Waals surface area contributed by atoms with Crippen LogP contribution < -0.4 is 5.73 Å². The molecule has 0 aromatic heterocycles. The van der Waals surface area contributed by atoms with Gasteiger partial charge in [-0.1, -0.05) is 19.9 Å². The van der Waals surface area contributed by atoms with Crippen molar-refractivity contribution in [3.05, 3.63) is 28.8 Å². The van der Waals surface area contributed by atoms with Crippen molar-refractivity contribution < 1.29 is 15.0 Å². The molecule has 0 fully saturated rings. The highest BCUT2D eigenvalue weighted by Crippen LogP contribution is 2.31. The maximum Gasteiger partial charge on any atom is 0.339 e. The van der Waals surface area contributed by atoms with Gasteiger partial charge in [0.25, 0.3) is 0 Å². The van der Waals surface area contributed by atoms with Crippen molar-refractivity contribution in [3.63, 3.8) is 0 Å². The Balaban J connectivity index is 3.19. The predicted molar refractivity (Wildman–Crippen MR) is 66.2 cm³/mol. The van der Waals surface area contributed by atoms with Gasteiger partial charge in [0, 0.05) is 11.6 Å². The Kier molecular flexibility index (Phi) is 4.12. The molecule has 4 heteroatoms. The monoisotopic (exact) mass is 237 g/mol. The second-order valence-electron chi connectivity index (χ2n) is 4.79. The third-order valence-electron chi connectivity index (χ3n) is 2.64. The first-order chi connectivity index (χ1) is 7.82. The molecular formula is C13H19NO3. The van der Waals surface area contributed by atoms with Gasteiger partial charge < -0.3 is 15.9 Å². The lowest BCUT2D eigenvalue weighted by molar-refractivity contribution is 0.0693. The Morgan fingerprint density at radius 1 is 1.41 bits per heavy atom. The first-order valence-electron chi connectivity index (χ1n) is 5.65. The zero-order valence-corrected chi connectivity index (χ0v) is 10.4. The van der Waals surface area contributed by atoms with Crippen LogP contribution >= 0.6 is 0 Å². The summed E-state index contributed by atoms with van der Waals surface area (Å²) in [5.74, 6) is -0.960. The van der Waals surface area contributed by atoms with E-state index in [-0.39, 0.29) is 17.4 Å². The molecule has 1 aromatic rings. The average Bonchev–Trinajstić information content (AvgIpc) is 2.19. The number of nitrogens with two attached hydrogens (primary N) is 1. The minimum atomic E-state index is -1.14. The summed E-state index contributed by atoms with van der Waals surface area (Å²) in [4.78, 5) is 11.0. The normalized spacial score (nSPS) is 12.8. The van der Waals surface area contributed by atoms with E-state index in [2.05, 4.69) is 0 Å². The number of aryl methyl sites for hydroxylation is 1. The Labute approximate surface area is 101 Å². The molecule has 0 heterocycles. The molecule has 0 radical (unpaired) electrons. The minimum Gasteiger partial charge on any atom is -0.507 e. The summed E-state index contributed by atoms with van der Waals surface area (Å²) < 4.78 is 0. The van der Waals surface area contributed by atoms with Crippen LogP contribution in [0.15, 0.2) is 12.1 Å². The number of carboxylic acid groups (broad SMARTS) is 1. The fourth-order valence-corrected chi connectivity index (χ4v) is 1.89. The van der Waals surface area contributed by atoms with Crippen LogP contribution in [0.4, 0.5) is 0 Å². The number of hydrogen-bond donors (Lipinski definition) is 3. The van der Waals surface area contributed by atoms with E-state index >= 15 is 0 Å². The molecule has 94 valence electrons. The van der Waals surface area contributed by atoms with E-state index in [0.29, 0.717) is 17.9 Å². The van der Waals surface area contributed by atoms with E-state index in [4.69, 9.17) is 10.8 Å². The zero-order valence-electron chi connectivity index (χ0n) is 10.4. The fourth-order valence-electron chi connectivity index (χ4n) is 1.89. The maximum atomic E-state index is 11.0. The SMILES string of the molecule is Cc1cc(C(=O)O)c(O)c([C@H](N)CC(C)C)c1. The van der Waals surface area contributed by atoms with E-state index in [1.165, 1.54) is 6.07 Å². The first-order valence-corrected chi connectivity index (χ1v) is 5.65. The molecule has 1 aromatic carbocycles. The lowest BCUT2D eigenvalue weighted by atomic mass is 9.94. The van der Waals surface area contributed by atoms with Crippen molar-refractivity contribution in [3.8, 4) is 5.75 Å². The van der Waals surface area contributed by atoms with E-state index in [0.717, 1.165) is 5.56 Å². The van der Waals surface area contributed by atoms with E-state index in [1.54, 1.807) is 13.0 Å². The molecule has 1 rings (SSSR count). The van der Waals surface area contributed by atoms with Gasteiger partial charge in [-0.15, -0.1) is 0 Å². The Hall–Kier alpha value is -1.55. The topological polar surface area (TPSA) is 83.5 Å². The van der Waals surface area contributed by atoms with Crippen molar-refractivity contribution in [2.75, 3.05) is 0 Å². The van der Waals surface area contributed by atoms with Crippen LogP contribution in [-0.2, 0) is 0 Å². The summed E-state index contributed by atoms with van der Waals surface area (Å²) in [5.41, 5.74) is 7.19. The van der Waals surface area contributed by atoms with Gasteiger partial charge in [-0.05, 0) is 30.9 Å². The van der Waals surface area contributed by atoms with Gasteiger partial charge in [-0.3, -0.25) is 0 Å². The average molecular weight is 237 g/mol. The lowest BCUT2D eigenvalue weighted by Crippen LogP contribution is -2.14. The Morgan fingerprint density at radius 2 is 2.00 bits per heavy atom. The first kappa shape index (κ1) is 13.5. The van der Waals surface area contributed by atoms with Gasteiger partial charge >= 0.3 is 5.97 Å². The van der Waals surface area contributed by atoms with Gasteiger partial charge in [-0.2, -0.15) is 0 Å². The van der Waals surface area contributed by atoms with Crippen LogP contribution in [0.3, 0.4) is 0 Å². The van der Waals surface area contributed by atoms with Crippen LogP contribution in [0.1, 0.15) is 47.8 Å². The fraction of sp³-hybridized carbons (Fsp3) is 0.462. The summed E-state index contributed by atoms with van der Waals surface area (Å²) in [6.45, 7) is 5.85. The van der Waals surface area contributed by atoms with Gasteiger partial charge in [0.15, 0.2) is 0 Å². The number of hydrogen-bond acceptors (Lipinski definition) is 3. The van der Waals surface area contributed by atoms with E-state index in [1.807, 2.05) is 13.8 Å². The number of aromatic hydroxyl groups is 1. The summed E-state index contributed by atoms with van der Waals surface area (Å²) in [5, 5.41) is 18.9. The number of benzene rings is 1. The van der Waals surface area contributed by atoms with Crippen LogP contribution in [-0.4, -0.2) is 16.2 Å². The lowest BCUT2D eigenvalue weighted by Gasteiger charge is -2.17. The molecule has 17 heavy (non-hydrogen) atoms. The van der Waals surface area contributed by atoms with Crippen LogP contribution in [0, 0.1) is 12.8 Å². The molecule has 0 spiro atoms. The molecule has 0 bridgehead atoms. The minimum absolute atomic E-state index is 0.0841. The molecule has 0 amide bonds. The molecule has 0 saturated carbocycles. The van der Waals surface area contributed by atoms with Gasteiger partial charge in [0.05, 0.1) is 0 Å². The highest BCUT2D eigenvalue weighted by Gasteiger charge is 2.19. The largest absolute Gasteiger partial charge is 0.507 e. The van der Waals surface area contributed by atoms with Crippen molar-refractivity contribution in [2.24, 2.45) is 11.7 Å². The van der Waals surface area contributed by atoms with Crippen LogP contribution in [0.25, 0.3) is 0 Å². The van der Waals surface area contributed by atoms with E-state index in [9.17, 15) is 9.90 Å². The smallest absolute Gasteiger partial charge is 0.339 e. The van der Waals surface area contributed by atoms with E-state index < -0.39 is 5.97 Å². The van der Waals surface area contributed by atoms with Gasteiger partial charge in [0.2, 0.25) is 0 Å². The molecular weight excluding hydrogens is 218 g/mol. The number of carboxylic acids is 1. The molecule has 0 aliphatic heterocycles. The number of aromatic carboxylic acids is 1. The highest BCUT2D eigenvalue weighted by atomic mass is 16.4. The standard InChI is InChI=1S/C13H19NO3/c1-7(2)4-11(14)9-5-8(3)6-10(12(9)15)13(16)17/h5-7,11,15H,4,14H2,1-3H3,(H,16,17)/t11-/m1/s1. The molecule has 0 unspecified atom stereocenters. The Bertz CT molecular complexity index is 427. The molecule has 0 aliphatic rings. The van der Waals surface area contributed by atoms with Crippen LogP contribution in [0.2, 0.25) is 0 Å². The second kappa shape index (κ2) is 5.19. The van der Waals surface area contributed by atoms with Crippen molar-refractivity contribution in [2.45, 2.75) is 33.2 Å². The number of carbonyl (C=O) groups is 1. The number of rotatable bonds is 4. The van der Waals surface area contributed by atoms with Gasteiger partial charge in [0.1, 0.15) is 11.3 Å². The molecule has 0 saturated heterocycles. The highest BCUT2D eigenvalue weighted by molar-refractivity contribution is 5.91. The Morgan fingerprint density at radius 3 is 2.47 bits per heavy atom. The molecule has 4 nitrogen and oxygen atoms in total. The van der Waals surface area contributed by atoms with Crippen molar-refractivity contribution in [1.29, 1.82) is 0 Å². The zero-order chi connectivity index (χ0) is 13.2. The second-order valence-corrected chi connectivity index (χ2v) is 4.79. The molecule has 0 aliphatic carbocycles. The van der Waals surface area contributed by atoms with Gasteiger partial charge in [-0.25, -0.2) is 4.79 Å². The quantitative estimate of drug-likeness (QED) is 0.751. The predicted octanol–water partition coefficient (Wildman–Crippen LogP) is 2.44. The van der Waals surface area contributed by atoms with Crippen molar-refractivity contribution >= 4 is 5.97 Å². The van der Waals surface area contributed by atoms with Crippen LogP contribution in [0.5, 0.6) is 5.75 Å². The maximum absolute atomic E-state index is 11.0. The number of phenols is 1. The summed E-state index contributed by atoms with van der Waals surface area (Å²) in [7, 11) is 0. The summed E-state index contributed by atoms with van der Waals surface area (Å²) in [6, 6.07) is 2.85. The molecule has 4 N–H and O–H groups in total. The summed E-state index contributed by atoms with van der Waals surface area (Å²) in [6.07, 6.45) is 0.704. The third kappa shape index (κ3) is 3.20. The summed E-state index contributed by atoms with van der Waals surface area (Å²) >= 11 is 0.